The van der Waals surface area contributed by atoms with Crippen LogP contribution in [0.25, 0.3) is 0 Å². The maximum absolute atomic E-state index is 13.7. The van der Waals surface area contributed by atoms with Crippen LogP contribution in [0.3, 0.4) is 0 Å². The van der Waals surface area contributed by atoms with Gasteiger partial charge in [-0.3, -0.25) is 9.59 Å². The number of amides is 1. The number of methoxy groups -OCH3 is 1. The summed E-state index contributed by atoms with van der Waals surface area (Å²) >= 11 is 0. The molecule has 0 saturated heterocycles. The molecule has 5 nitrogen and oxygen atoms in total. The zero-order chi connectivity index (χ0) is 15.1. The zero-order valence-corrected chi connectivity index (χ0v) is 11.5. The maximum atomic E-state index is 13.7. The first-order valence-electron chi connectivity index (χ1n) is 6.31. The summed E-state index contributed by atoms with van der Waals surface area (Å²) in [6.07, 6.45) is 0.597. The summed E-state index contributed by atoms with van der Waals surface area (Å²) in [6, 6.07) is 3.96. The van der Waals surface area contributed by atoms with Gasteiger partial charge in [-0.05, 0) is 18.1 Å². The van der Waals surface area contributed by atoms with Crippen molar-refractivity contribution < 1.29 is 23.8 Å². The van der Waals surface area contributed by atoms with Crippen molar-refractivity contribution in [2.45, 2.75) is 19.8 Å². The minimum absolute atomic E-state index is 0.0259. The molecule has 0 aliphatic carbocycles. The molecule has 0 aromatic heterocycles. The largest absolute Gasteiger partial charge is 0.497 e. The van der Waals surface area contributed by atoms with Crippen LogP contribution in [0.15, 0.2) is 18.2 Å². The lowest BCUT2D eigenvalue weighted by molar-refractivity contribution is -0.138. The Kier molecular flexibility index (Phi) is 5.96. The molecule has 0 heterocycles. The summed E-state index contributed by atoms with van der Waals surface area (Å²) < 4.78 is 18.5. The second-order valence-corrected chi connectivity index (χ2v) is 4.43. The van der Waals surface area contributed by atoms with Gasteiger partial charge in [-0.2, -0.15) is 0 Å². The van der Waals surface area contributed by atoms with Crippen LogP contribution in [-0.2, 0) is 4.79 Å². The predicted molar refractivity (Wildman–Crippen MR) is 71.3 cm³/mol. The van der Waals surface area contributed by atoms with Gasteiger partial charge in [0, 0.05) is 19.0 Å². The first-order valence-corrected chi connectivity index (χ1v) is 6.31. The highest BCUT2D eigenvalue weighted by Crippen LogP contribution is 2.16. The molecule has 110 valence electrons. The Bertz CT molecular complexity index is 490. The van der Waals surface area contributed by atoms with Crippen LogP contribution >= 0.6 is 0 Å². The normalized spacial score (nSPS) is 11.8. The van der Waals surface area contributed by atoms with Crippen molar-refractivity contribution >= 4 is 11.9 Å². The number of carbonyl (C=O) groups excluding carboxylic acids is 1. The van der Waals surface area contributed by atoms with Crippen molar-refractivity contribution in [3.8, 4) is 5.75 Å². The van der Waals surface area contributed by atoms with Gasteiger partial charge in [0.05, 0.1) is 12.7 Å². The molecule has 1 atom stereocenters. The molecule has 0 bridgehead atoms. The Morgan fingerprint density at radius 3 is 2.65 bits per heavy atom. The average molecular weight is 283 g/mol. The number of rotatable bonds is 7. The molecule has 2 N–H and O–H groups in total. The van der Waals surface area contributed by atoms with Crippen molar-refractivity contribution in [1.82, 2.24) is 5.32 Å². The number of carboxylic acids is 1. The van der Waals surface area contributed by atoms with Crippen LogP contribution in [0, 0.1) is 11.7 Å². The lowest BCUT2D eigenvalue weighted by atomic mass is 10.0. The third-order valence-corrected chi connectivity index (χ3v) is 3.01. The number of carbonyl (C=O) groups is 2. The average Bonchev–Trinajstić information content (AvgIpc) is 2.42. The topological polar surface area (TPSA) is 75.6 Å². The fourth-order valence-corrected chi connectivity index (χ4v) is 1.75. The predicted octanol–water partition coefficient (Wildman–Crippen LogP) is 2.06. The molecule has 1 unspecified atom stereocenters. The van der Waals surface area contributed by atoms with Gasteiger partial charge in [0.15, 0.2) is 0 Å². The number of hydrogen-bond acceptors (Lipinski definition) is 3. The summed E-state index contributed by atoms with van der Waals surface area (Å²) in [5, 5.41) is 11.3. The van der Waals surface area contributed by atoms with Crippen molar-refractivity contribution in [2.24, 2.45) is 5.92 Å². The van der Waals surface area contributed by atoms with E-state index in [1.807, 2.05) is 6.92 Å². The number of nitrogens with one attached hydrogen (secondary N) is 1. The molecular formula is C14H18FNO4. The van der Waals surface area contributed by atoms with Crippen LogP contribution < -0.4 is 10.1 Å². The molecule has 6 heteroatoms. The molecule has 20 heavy (non-hydrogen) atoms. The standard InChI is InChI=1S/C14H18FNO4/c1-3-9(6-13(17)18)8-16-14(19)11-5-4-10(20-2)7-12(11)15/h4-5,7,9H,3,6,8H2,1-2H3,(H,16,19)(H,17,18). The van der Waals surface area contributed by atoms with E-state index in [-0.39, 0.29) is 24.4 Å². The molecule has 0 saturated carbocycles. The Balaban J connectivity index is 2.64. The van der Waals surface area contributed by atoms with E-state index in [1.54, 1.807) is 0 Å². The van der Waals surface area contributed by atoms with Crippen LogP contribution in [0.4, 0.5) is 4.39 Å². The van der Waals surface area contributed by atoms with Gasteiger partial charge >= 0.3 is 5.97 Å². The fraction of sp³-hybridized carbons (Fsp3) is 0.429. The quantitative estimate of drug-likeness (QED) is 0.803. The van der Waals surface area contributed by atoms with E-state index in [9.17, 15) is 14.0 Å². The lowest BCUT2D eigenvalue weighted by Gasteiger charge is -2.13. The summed E-state index contributed by atoms with van der Waals surface area (Å²) in [6.45, 7) is 2.04. The number of benzene rings is 1. The van der Waals surface area contributed by atoms with Crippen LogP contribution in [0.5, 0.6) is 5.75 Å². The fourth-order valence-electron chi connectivity index (χ4n) is 1.75. The van der Waals surface area contributed by atoms with Crippen LogP contribution in [0.2, 0.25) is 0 Å². The minimum atomic E-state index is -0.915. The van der Waals surface area contributed by atoms with E-state index in [0.717, 1.165) is 6.07 Å². The summed E-state index contributed by atoms with van der Waals surface area (Å²) in [5.74, 6) is -1.99. The Morgan fingerprint density at radius 2 is 2.15 bits per heavy atom. The van der Waals surface area contributed by atoms with E-state index < -0.39 is 17.7 Å². The van der Waals surface area contributed by atoms with Crippen molar-refractivity contribution in [2.75, 3.05) is 13.7 Å². The number of hydrogen-bond donors (Lipinski definition) is 2. The SMILES string of the molecule is CCC(CNC(=O)c1ccc(OC)cc1F)CC(=O)O. The molecule has 1 rings (SSSR count). The van der Waals surface area contributed by atoms with Gasteiger partial charge < -0.3 is 15.2 Å². The number of aliphatic carboxylic acids is 1. The maximum Gasteiger partial charge on any atom is 0.303 e. The van der Waals surface area contributed by atoms with Crippen molar-refractivity contribution in [3.05, 3.63) is 29.6 Å². The van der Waals surface area contributed by atoms with E-state index in [4.69, 9.17) is 9.84 Å². The number of halogens is 1. The molecule has 0 radical (unpaired) electrons. The molecule has 1 aromatic rings. The Morgan fingerprint density at radius 1 is 1.45 bits per heavy atom. The van der Waals surface area contributed by atoms with Crippen molar-refractivity contribution in [3.63, 3.8) is 0 Å². The number of carboxylic acid groups (broad SMARTS) is 1. The second kappa shape index (κ2) is 7.47. The van der Waals surface area contributed by atoms with Gasteiger partial charge in [-0.1, -0.05) is 13.3 Å². The van der Waals surface area contributed by atoms with E-state index in [0.29, 0.717) is 12.2 Å². The van der Waals surface area contributed by atoms with Gasteiger partial charge in [0.1, 0.15) is 11.6 Å². The Hall–Kier alpha value is -2.11. The second-order valence-electron chi connectivity index (χ2n) is 4.43. The van der Waals surface area contributed by atoms with Crippen LogP contribution in [-0.4, -0.2) is 30.6 Å². The highest BCUT2D eigenvalue weighted by molar-refractivity contribution is 5.94. The zero-order valence-electron chi connectivity index (χ0n) is 11.5. The first kappa shape index (κ1) is 15.9. The monoisotopic (exact) mass is 283 g/mol. The first-order chi connectivity index (χ1) is 9.47. The molecule has 0 aliphatic heterocycles. The lowest BCUT2D eigenvalue weighted by Crippen LogP contribution is -2.30. The van der Waals surface area contributed by atoms with Crippen LogP contribution in [0.1, 0.15) is 30.1 Å². The van der Waals surface area contributed by atoms with Gasteiger partial charge in [-0.25, -0.2) is 4.39 Å². The van der Waals surface area contributed by atoms with Crippen molar-refractivity contribution in [1.29, 1.82) is 0 Å². The summed E-state index contributed by atoms with van der Waals surface area (Å²) in [7, 11) is 1.41. The molecule has 0 spiro atoms. The van der Waals surface area contributed by atoms with E-state index in [2.05, 4.69) is 5.32 Å². The van der Waals surface area contributed by atoms with Gasteiger partial charge in [0.25, 0.3) is 5.91 Å². The minimum Gasteiger partial charge on any atom is -0.497 e. The Labute approximate surface area is 116 Å². The van der Waals surface area contributed by atoms with Gasteiger partial charge in [0.2, 0.25) is 0 Å². The molecule has 1 amide bonds. The molecule has 1 aromatic carbocycles. The third kappa shape index (κ3) is 4.53. The van der Waals surface area contributed by atoms with E-state index >= 15 is 0 Å². The molecule has 0 aliphatic rings. The summed E-state index contributed by atoms with van der Waals surface area (Å²) in [4.78, 5) is 22.5. The smallest absolute Gasteiger partial charge is 0.303 e. The molecular weight excluding hydrogens is 265 g/mol. The summed E-state index contributed by atoms with van der Waals surface area (Å²) in [5.41, 5.74) is -0.0871. The van der Waals surface area contributed by atoms with E-state index in [1.165, 1.54) is 19.2 Å². The molecule has 0 fully saturated rings. The highest BCUT2D eigenvalue weighted by atomic mass is 19.1. The highest BCUT2D eigenvalue weighted by Gasteiger charge is 2.16. The third-order valence-electron chi connectivity index (χ3n) is 3.01. The number of ether oxygens (including phenoxy) is 1. The van der Waals surface area contributed by atoms with Gasteiger partial charge in [-0.15, -0.1) is 0 Å².